The molecule has 1 aliphatic rings. The van der Waals surface area contributed by atoms with Gasteiger partial charge in [0.15, 0.2) is 0 Å². The highest BCUT2D eigenvalue weighted by Crippen LogP contribution is 2.24. The van der Waals surface area contributed by atoms with Crippen molar-refractivity contribution in [2.24, 2.45) is 0 Å². The number of rotatable bonds is 3. The molecular weight excluding hydrogens is 302 g/mol. The summed E-state index contributed by atoms with van der Waals surface area (Å²) in [5.74, 6) is 0.119. The van der Waals surface area contributed by atoms with Crippen LogP contribution in [0.5, 0.6) is 0 Å². The Balaban J connectivity index is 1.55. The van der Waals surface area contributed by atoms with Crippen LogP contribution in [0.1, 0.15) is 17.3 Å². The van der Waals surface area contributed by atoms with Crippen molar-refractivity contribution >= 4 is 16.7 Å². The molecule has 4 rings (SSSR count). The van der Waals surface area contributed by atoms with E-state index in [4.69, 9.17) is 4.74 Å². The maximum absolute atomic E-state index is 12.8. The van der Waals surface area contributed by atoms with Gasteiger partial charge in [-0.1, -0.05) is 42.5 Å². The average Bonchev–Trinajstić information content (AvgIpc) is 3.16. The monoisotopic (exact) mass is 321 g/mol. The topological polar surface area (TPSA) is 58.2 Å². The normalized spacial score (nSPS) is 18.0. The van der Waals surface area contributed by atoms with Gasteiger partial charge in [-0.2, -0.15) is 5.10 Å². The van der Waals surface area contributed by atoms with E-state index in [1.807, 2.05) is 29.2 Å². The molecule has 1 N–H and O–H groups in total. The summed E-state index contributed by atoms with van der Waals surface area (Å²) in [7, 11) is 0. The van der Waals surface area contributed by atoms with Crippen molar-refractivity contribution < 1.29 is 9.53 Å². The van der Waals surface area contributed by atoms with E-state index in [-0.39, 0.29) is 11.9 Å². The van der Waals surface area contributed by atoms with E-state index < -0.39 is 0 Å². The molecule has 1 atom stereocenters. The number of amides is 1. The molecule has 0 saturated carbocycles. The zero-order valence-electron chi connectivity index (χ0n) is 13.3. The van der Waals surface area contributed by atoms with Gasteiger partial charge in [-0.3, -0.25) is 9.89 Å². The number of aromatic nitrogens is 2. The van der Waals surface area contributed by atoms with Crippen LogP contribution in [0.25, 0.3) is 10.8 Å². The summed E-state index contributed by atoms with van der Waals surface area (Å²) in [6.07, 6.45) is 2.10. The zero-order chi connectivity index (χ0) is 16.4. The molecule has 0 spiro atoms. The number of aromatic amines is 1. The number of nitrogens with zero attached hydrogens (tertiary/aromatic N) is 2. The van der Waals surface area contributed by atoms with E-state index in [0.29, 0.717) is 26.2 Å². The van der Waals surface area contributed by atoms with Crippen LogP contribution in [0.2, 0.25) is 0 Å². The van der Waals surface area contributed by atoms with Gasteiger partial charge in [0.2, 0.25) is 5.91 Å². The Morgan fingerprint density at radius 1 is 1.21 bits per heavy atom. The maximum atomic E-state index is 12.8. The minimum atomic E-state index is -0.0887. The summed E-state index contributed by atoms with van der Waals surface area (Å²) in [6.45, 7) is 1.69. The van der Waals surface area contributed by atoms with Gasteiger partial charge < -0.3 is 9.64 Å². The fourth-order valence-electron chi connectivity index (χ4n) is 3.24. The first-order chi connectivity index (χ1) is 11.8. The molecule has 1 aliphatic heterocycles. The molecule has 5 heteroatoms. The molecule has 122 valence electrons. The predicted octanol–water partition coefficient (Wildman–Crippen LogP) is 2.71. The fraction of sp³-hybridized carbons (Fsp3) is 0.263. The molecule has 1 fully saturated rings. The summed E-state index contributed by atoms with van der Waals surface area (Å²) in [6, 6.07) is 16.2. The third kappa shape index (κ3) is 2.90. The number of ether oxygens (including phenoxy) is 1. The van der Waals surface area contributed by atoms with Crippen molar-refractivity contribution in [3.8, 4) is 0 Å². The number of carbonyl (C=O) groups is 1. The van der Waals surface area contributed by atoms with Crippen LogP contribution in [0.3, 0.4) is 0 Å². The fourth-order valence-corrected chi connectivity index (χ4v) is 3.24. The van der Waals surface area contributed by atoms with Crippen LogP contribution < -0.4 is 0 Å². The van der Waals surface area contributed by atoms with Gasteiger partial charge in [-0.15, -0.1) is 0 Å². The van der Waals surface area contributed by atoms with Crippen LogP contribution in [0.4, 0.5) is 0 Å². The minimum absolute atomic E-state index is 0.0887. The lowest BCUT2D eigenvalue weighted by atomic mass is 10.0. The number of carbonyl (C=O) groups excluding carboxylic acids is 1. The molecule has 2 aromatic carbocycles. The molecule has 1 aromatic heterocycles. The molecule has 0 aliphatic carbocycles. The third-order valence-corrected chi connectivity index (χ3v) is 4.50. The van der Waals surface area contributed by atoms with Crippen LogP contribution in [0, 0.1) is 0 Å². The van der Waals surface area contributed by atoms with Gasteiger partial charge in [-0.25, -0.2) is 0 Å². The molecule has 2 heterocycles. The van der Waals surface area contributed by atoms with E-state index in [0.717, 1.165) is 16.6 Å². The highest BCUT2D eigenvalue weighted by atomic mass is 16.5. The zero-order valence-corrected chi connectivity index (χ0v) is 13.3. The minimum Gasteiger partial charge on any atom is -0.377 e. The lowest BCUT2D eigenvalue weighted by Gasteiger charge is -2.35. The molecule has 1 amide bonds. The first-order valence-electron chi connectivity index (χ1n) is 8.15. The van der Waals surface area contributed by atoms with E-state index in [9.17, 15) is 4.79 Å². The van der Waals surface area contributed by atoms with Gasteiger partial charge >= 0.3 is 0 Å². The van der Waals surface area contributed by atoms with E-state index in [1.165, 1.54) is 5.39 Å². The van der Waals surface area contributed by atoms with Crippen molar-refractivity contribution in [2.75, 3.05) is 19.8 Å². The number of H-pyrrole nitrogens is 1. The number of benzene rings is 2. The summed E-state index contributed by atoms with van der Waals surface area (Å²) in [5, 5.41) is 9.30. The number of morpholine rings is 1. The second-order valence-corrected chi connectivity index (χ2v) is 6.05. The molecule has 0 bridgehead atoms. The van der Waals surface area contributed by atoms with Crippen LogP contribution >= 0.6 is 0 Å². The van der Waals surface area contributed by atoms with Crippen molar-refractivity contribution in [3.63, 3.8) is 0 Å². The SMILES string of the molecule is O=C(Cc1ccc2ccccc2c1)N1CCOC[C@H]1c1ccn[nH]1. The smallest absolute Gasteiger partial charge is 0.227 e. The first kappa shape index (κ1) is 14.9. The Bertz CT molecular complexity index is 845. The molecule has 5 nitrogen and oxygen atoms in total. The standard InChI is InChI=1S/C19H19N3O2/c23-19(12-14-5-6-15-3-1-2-4-16(15)11-14)22-9-10-24-13-18(22)17-7-8-20-21-17/h1-8,11,18H,9-10,12-13H2,(H,20,21)/t18-/m0/s1. The summed E-state index contributed by atoms with van der Waals surface area (Å²) in [5.41, 5.74) is 1.95. The highest BCUT2D eigenvalue weighted by Gasteiger charge is 2.29. The van der Waals surface area contributed by atoms with Crippen molar-refractivity contribution in [1.82, 2.24) is 15.1 Å². The number of nitrogens with one attached hydrogen (secondary N) is 1. The Morgan fingerprint density at radius 3 is 2.92 bits per heavy atom. The molecule has 24 heavy (non-hydrogen) atoms. The second-order valence-electron chi connectivity index (χ2n) is 6.05. The molecule has 0 unspecified atom stereocenters. The summed E-state index contributed by atoms with van der Waals surface area (Å²) < 4.78 is 5.55. The summed E-state index contributed by atoms with van der Waals surface area (Å²) in [4.78, 5) is 14.7. The van der Waals surface area contributed by atoms with Gasteiger partial charge in [0.05, 0.1) is 31.4 Å². The lowest BCUT2D eigenvalue weighted by Crippen LogP contribution is -2.44. The Hall–Kier alpha value is -2.66. The number of fused-ring (bicyclic) bond motifs is 1. The van der Waals surface area contributed by atoms with E-state index in [1.54, 1.807) is 6.20 Å². The van der Waals surface area contributed by atoms with Gasteiger partial charge in [-0.05, 0) is 22.4 Å². The number of hydrogen-bond acceptors (Lipinski definition) is 3. The predicted molar refractivity (Wildman–Crippen MR) is 91.5 cm³/mol. The van der Waals surface area contributed by atoms with Crippen molar-refractivity contribution in [1.29, 1.82) is 0 Å². The van der Waals surface area contributed by atoms with Crippen LogP contribution in [-0.4, -0.2) is 40.8 Å². The van der Waals surface area contributed by atoms with Crippen molar-refractivity contribution in [2.45, 2.75) is 12.5 Å². The van der Waals surface area contributed by atoms with E-state index >= 15 is 0 Å². The van der Waals surface area contributed by atoms with Gasteiger partial charge in [0.1, 0.15) is 0 Å². The van der Waals surface area contributed by atoms with Gasteiger partial charge in [0.25, 0.3) is 0 Å². The largest absolute Gasteiger partial charge is 0.377 e. The van der Waals surface area contributed by atoms with Gasteiger partial charge in [0, 0.05) is 12.7 Å². The quantitative estimate of drug-likeness (QED) is 0.807. The van der Waals surface area contributed by atoms with E-state index in [2.05, 4.69) is 34.5 Å². The Labute approximate surface area is 140 Å². The van der Waals surface area contributed by atoms with Crippen LogP contribution in [-0.2, 0) is 16.0 Å². The Morgan fingerprint density at radius 2 is 2.08 bits per heavy atom. The number of hydrogen-bond donors (Lipinski definition) is 1. The summed E-state index contributed by atoms with van der Waals surface area (Å²) >= 11 is 0. The first-order valence-corrected chi connectivity index (χ1v) is 8.15. The molecular formula is C19H19N3O2. The maximum Gasteiger partial charge on any atom is 0.227 e. The van der Waals surface area contributed by atoms with Crippen LogP contribution in [0.15, 0.2) is 54.7 Å². The van der Waals surface area contributed by atoms with Crippen molar-refractivity contribution in [3.05, 3.63) is 66.0 Å². The molecule has 0 radical (unpaired) electrons. The second kappa shape index (κ2) is 6.45. The molecule has 3 aromatic rings. The average molecular weight is 321 g/mol. The molecule has 1 saturated heterocycles. The lowest BCUT2D eigenvalue weighted by molar-refractivity contribution is -0.139. The third-order valence-electron chi connectivity index (χ3n) is 4.50. The Kier molecular flexibility index (Phi) is 4.01. The highest BCUT2D eigenvalue weighted by molar-refractivity contribution is 5.85.